The van der Waals surface area contributed by atoms with E-state index in [1.807, 2.05) is 6.07 Å². The second-order valence-electron chi connectivity index (χ2n) is 15.2. The van der Waals surface area contributed by atoms with Crippen molar-refractivity contribution in [2.45, 2.75) is 0 Å². The third-order valence-electron chi connectivity index (χ3n) is 11.7. The van der Waals surface area contributed by atoms with Crippen molar-refractivity contribution in [3.8, 4) is 55.6 Å². The first kappa shape index (κ1) is 35.2. The molecule has 11 aromatic rings. The van der Waals surface area contributed by atoms with Crippen LogP contribution in [0.2, 0.25) is 0 Å². The van der Waals surface area contributed by atoms with Gasteiger partial charge < -0.3 is 9.32 Å². The number of nitrogens with zero attached hydrogens (tertiary/aromatic N) is 1. The lowest BCUT2D eigenvalue weighted by Gasteiger charge is -2.27. The Balaban J connectivity index is 0.977. The Bertz CT molecular complexity index is 3290. The van der Waals surface area contributed by atoms with Crippen LogP contribution < -0.4 is 4.90 Å². The number of para-hydroxylation sites is 1. The average molecular weight is 766 g/mol. The molecule has 0 aliphatic rings. The third-order valence-corrected chi connectivity index (χ3v) is 11.7. The normalized spacial score (nSPS) is 11.3. The van der Waals surface area contributed by atoms with E-state index >= 15 is 0 Å². The summed E-state index contributed by atoms with van der Waals surface area (Å²) in [5.41, 5.74) is 16.9. The van der Waals surface area contributed by atoms with Crippen LogP contribution in [0.5, 0.6) is 0 Å². The molecule has 0 fully saturated rings. The zero-order valence-corrected chi connectivity index (χ0v) is 32.9. The molecule has 2 nitrogen and oxygen atoms in total. The van der Waals surface area contributed by atoms with Crippen molar-refractivity contribution in [2.75, 3.05) is 4.90 Å². The number of furan rings is 1. The summed E-state index contributed by atoms with van der Waals surface area (Å²) in [6, 6.07) is 84.7. The molecule has 0 saturated heterocycles. The van der Waals surface area contributed by atoms with Crippen molar-refractivity contribution in [1.29, 1.82) is 0 Å². The van der Waals surface area contributed by atoms with Gasteiger partial charge in [-0.2, -0.15) is 0 Å². The highest BCUT2D eigenvalue weighted by Gasteiger charge is 2.18. The fourth-order valence-corrected chi connectivity index (χ4v) is 8.80. The highest BCUT2D eigenvalue weighted by atomic mass is 16.3. The molecule has 0 spiro atoms. The van der Waals surface area contributed by atoms with Gasteiger partial charge in [-0.25, -0.2) is 0 Å². The quantitative estimate of drug-likeness (QED) is 0.153. The minimum absolute atomic E-state index is 0.891. The summed E-state index contributed by atoms with van der Waals surface area (Å²) in [5.74, 6) is 0. The van der Waals surface area contributed by atoms with E-state index in [2.05, 4.69) is 235 Å². The lowest BCUT2D eigenvalue weighted by molar-refractivity contribution is 0.670. The first-order valence-corrected chi connectivity index (χ1v) is 20.5. The van der Waals surface area contributed by atoms with E-state index in [-0.39, 0.29) is 0 Å². The second-order valence-corrected chi connectivity index (χ2v) is 15.2. The molecule has 1 heterocycles. The molecule has 0 aliphatic carbocycles. The van der Waals surface area contributed by atoms with E-state index in [1.54, 1.807) is 0 Å². The van der Waals surface area contributed by atoms with Gasteiger partial charge in [0.05, 0.1) is 5.69 Å². The molecule has 10 aromatic carbocycles. The van der Waals surface area contributed by atoms with Gasteiger partial charge in [0.25, 0.3) is 0 Å². The minimum atomic E-state index is 0.891. The lowest BCUT2D eigenvalue weighted by atomic mass is 9.89. The summed E-state index contributed by atoms with van der Waals surface area (Å²) in [5, 5.41) is 4.64. The SMILES string of the molecule is c1ccc(-c2ccccc2-c2ccccc2-c2ccc(N(c3ccc(-c4ccc5oc6c(-c7ccccc7)cccc6c5c4)cc3)c3cccc4ccccc34)cc2)cc1. The maximum Gasteiger partial charge on any atom is 0.143 e. The maximum atomic E-state index is 6.49. The molecule has 0 atom stereocenters. The van der Waals surface area contributed by atoms with Crippen LogP contribution in [-0.2, 0) is 0 Å². The first-order valence-electron chi connectivity index (χ1n) is 20.5. The maximum absolute atomic E-state index is 6.49. The number of hydrogen-bond donors (Lipinski definition) is 0. The van der Waals surface area contributed by atoms with Gasteiger partial charge in [0.15, 0.2) is 0 Å². The molecule has 0 radical (unpaired) electrons. The topological polar surface area (TPSA) is 16.4 Å². The average Bonchev–Trinajstić information content (AvgIpc) is 3.71. The molecule has 60 heavy (non-hydrogen) atoms. The van der Waals surface area contributed by atoms with Crippen LogP contribution in [0.4, 0.5) is 17.1 Å². The molecule has 1 aromatic heterocycles. The van der Waals surface area contributed by atoms with Crippen molar-refractivity contribution < 1.29 is 4.42 Å². The Kier molecular flexibility index (Phi) is 8.87. The van der Waals surface area contributed by atoms with Crippen LogP contribution >= 0.6 is 0 Å². The summed E-state index contributed by atoms with van der Waals surface area (Å²) in [4.78, 5) is 2.38. The van der Waals surface area contributed by atoms with Crippen LogP contribution in [0.25, 0.3) is 88.3 Å². The van der Waals surface area contributed by atoms with Gasteiger partial charge in [-0.1, -0.05) is 194 Å². The largest absolute Gasteiger partial charge is 0.455 e. The molecular formula is C58H39NO. The summed E-state index contributed by atoms with van der Waals surface area (Å²) in [6.07, 6.45) is 0. The van der Waals surface area contributed by atoms with Crippen LogP contribution in [-0.4, -0.2) is 0 Å². The smallest absolute Gasteiger partial charge is 0.143 e. The highest BCUT2D eigenvalue weighted by molar-refractivity contribution is 6.10. The highest BCUT2D eigenvalue weighted by Crippen LogP contribution is 2.43. The Morgan fingerprint density at radius 1 is 0.283 bits per heavy atom. The van der Waals surface area contributed by atoms with Gasteiger partial charge >= 0.3 is 0 Å². The van der Waals surface area contributed by atoms with E-state index in [1.165, 1.54) is 44.2 Å². The van der Waals surface area contributed by atoms with Crippen LogP contribution in [0.3, 0.4) is 0 Å². The van der Waals surface area contributed by atoms with Crippen molar-refractivity contribution in [2.24, 2.45) is 0 Å². The van der Waals surface area contributed by atoms with Gasteiger partial charge in [-0.15, -0.1) is 0 Å². The standard InChI is InChI=1S/C58H39NO/c1-3-15-41(16-4-1)48-21-9-11-24-52(48)53-25-12-10-22-49(53)44-31-36-47(37-32-44)59(56-28-13-20-42-19-7-8-23-50(42)56)46-34-29-40(30-35-46)45-33-38-57-55(39-45)54-27-14-26-51(58(54)60-57)43-17-5-2-6-18-43/h1-39H. The van der Waals surface area contributed by atoms with E-state index in [0.717, 1.165) is 61.3 Å². The molecule has 0 aliphatic heterocycles. The van der Waals surface area contributed by atoms with E-state index in [9.17, 15) is 0 Å². The molecule has 0 amide bonds. The summed E-state index contributed by atoms with van der Waals surface area (Å²) < 4.78 is 6.49. The molecule has 0 bridgehead atoms. The lowest BCUT2D eigenvalue weighted by Crippen LogP contribution is -2.10. The monoisotopic (exact) mass is 765 g/mol. The number of rotatable bonds is 8. The molecule has 0 saturated carbocycles. The van der Waals surface area contributed by atoms with Crippen LogP contribution in [0, 0.1) is 0 Å². The third kappa shape index (κ3) is 6.32. The second kappa shape index (κ2) is 15.1. The Morgan fingerprint density at radius 2 is 0.750 bits per heavy atom. The predicted molar refractivity (Wildman–Crippen MR) is 253 cm³/mol. The van der Waals surface area contributed by atoms with Gasteiger partial charge in [0.2, 0.25) is 0 Å². The number of fused-ring (bicyclic) bond motifs is 4. The molecular weight excluding hydrogens is 727 g/mol. The zero-order chi connectivity index (χ0) is 39.8. The first-order chi connectivity index (χ1) is 29.8. The summed E-state index contributed by atoms with van der Waals surface area (Å²) in [7, 11) is 0. The summed E-state index contributed by atoms with van der Waals surface area (Å²) in [6.45, 7) is 0. The Labute approximate surface area is 349 Å². The molecule has 0 N–H and O–H groups in total. The van der Waals surface area contributed by atoms with E-state index in [4.69, 9.17) is 4.42 Å². The van der Waals surface area contributed by atoms with Crippen LogP contribution in [0.1, 0.15) is 0 Å². The fourth-order valence-electron chi connectivity index (χ4n) is 8.80. The summed E-state index contributed by atoms with van der Waals surface area (Å²) >= 11 is 0. The van der Waals surface area contributed by atoms with Crippen molar-refractivity contribution in [1.82, 2.24) is 0 Å². The number of benzene rings is 10. The molecule has 282 valence electrons. The number of anilines is 3. The van der Waals surface area contributed by atoms with Crippen molar-refractivity contribution in [3.05, 3.63) is 237 Å². The van der Waals surface area contributed by atoms with E-state index < -0.39 is 0 Å². The van der Waals surface area contributed by atoms with Gasteiger partial charge in [-0.3, -0.25) is 0 Å². The Hall–Kier alpha value is -7.94. The number of hydrogen-bond acceptors (Lipinski definition) is 2. The predicted octanol–water partition coefficient (Wildman–Crippen LogP) is 16.5. The minimum Gasteiger partial charge on any atom is -0.455 e. The molecule has 0 unspecified atom stereocenters. The fraction of sp³-hybridized carbons (Fsp3) is 0. The van der Waals surface area contributed by atoms with Crippen molar-refractivity contribution in [3.63, 3.8) is 0 Å². The van der Waals surface area contributed by atoms with Gasteiger partial charge in [0, 0.05) is 33.1 Å². The Morgan fingerprint density at radius 3 is 1.42 bits per heavy atom. The van der Waals surface area contributed by atoms with Gasteiger partial charge in [-0.05, 0) is 97.9 Å². The molecule has 2 heteroatoms. The van der Waals surface area contributed by atoms with Crippen molar-refractivity contribution >= 4 is 49.8 Å². The zero-order valence-electron chi connectivity index (χ0n) is 32.9. The van der Waals surface area contributed by atoms with E-state index in [0.29, 0.717) is 0 Å². The van der Waals surface area contributed by atoms with Crippen LogP contribution in [0.15, 0.2) is 241 Å². The van der Waals surface area contributed by atoms with Gasteiger partial charge in [0.1, 0.15) is 11.2 Å². The molecule has 11 rings (SSSR count).